The fourth-order valence-electron chi connectivity index (χ4n) is 0.964. The Hall–Kier alpha value is -1.18. The van der Waals surface area contributed by atoms with E-state index in [-0.39, 0.29) is 28.9 Å². The van der Waals surface area contributed by atoms with E-state index in [9.17, 15) is 9.59 Å². The van der Waals surface area contributed by atoms with E-state index in [4.69, 9.17) is 0 Å². The van der Waals surface area contributed by atoms with Crippen LogP contribution in [0.2, 0.25) is 0 Å². The Bertz CT molecular complexity index is 258. The zero-order valence-electron chi connectivity index (χ0n) is 7.94. The molecule has 15 heavy (non-hydrogen) atoms. The average molecular weight is 242 g/mol. The molecule has 0 heterocycles. The quantitative estimate of drug-likeness (QED) is 0.417. The molecule has 0 saturated carbocycles. The van der Waals surface area contributed by atoms with Gasteiger partial charge in [-0.15, -0.1) is 0 Å². The molecular formula is C12H10FeO2. The van der Waals surface area contributed by atoms with Crippen LogP contribution in [0, 0.1) is 24.0 Å². The van der Waals surface area contributed by atoms with Gasteiger partial charge < -0.3 is 9.59 Å². The van der Waals surface area contributed by atoms with Gasteiger partial charge in [-0.2, -0.15) is 12.2 Å². The summed E-state index contributed by atoms with van der Waals surface area (Å²) < 4.78 is 0. The van der Waals surface area contributed by atoms with Crippen molar-refractivity contribution in [1.29, 1.82) is 0 Å². The van der Waals surface area contributed by atoms with Crippen LogP contribution in [0.5, 0.6) is 0 Å². The van der Waals surface area contributed by atoms with Crippen molar-refractivity contribution in [2.24, 2.45) is 11.8 Å². The standard InChI is InChI=1S/2C6H5O.Fe/c2*7-5-6-3-1-2-4-6;/h2*1-3,5-6H;/q2*-1;+2. The molecule has 0 bridgehead atoms. The molecule has 0 radical (unpaired) electrons. The van der Waals surface area contributed by atoms with Crippen LogP contribution in [0.25, 0.3) is 0 Å². The number of carbonyl (C=O) groups is 2. The molecular weight excluding hydrogens is 232 g/mol. The maximum absolute atomic E-state index is 9.87. The molecule has 0 amide bonds. The second-order valence-electron chi connectivity index (χ2n) is 2.76. The van der Waals surface area contributed by atoms with Gasteiger partial charge >= 0.3 is 17.1 Å². The van der Waals surface area contributed by atoms with Crippen LogP contribution in [0.15, 0.2) is 36.5 Å². The van der Waals surface area contributed by atoms with Crippen molar-refractivity contribution < 1.29 is 26.7 Å². The number of aldehydes is 2. The summed E-state index contributed by atoms with van der Waals surface area (Å²) in [7, 11) is 0. The summed E-state index contributed by atoms with van der Waals surface area (Å²) in [4.78, 5) is 19.7. The van der Waals surface area contributed by atoms with Gasteiger partial charge in [-0.1, -0.05) is 0 Å². The fraction of sp³-hybridized carbons (Fsp3) is 0.167. The van der Waals surface area contributed by atoms with E-state index >= 15 is 0 Å². The molecule has 2 aliphatic carbocycles. The third-order valence-corrected chi connectivity index (χ3v) is 1.70. The van der Waals surface area contributed by atoms with Gasteiger partial charge in [0.2, 0.25) is 0 Å². The van der Waals surface area contributed by atoms with Gasteiger partial charge in [0, 0.05) is 0 Å². The number of rotatable bonds is 2. The first-order chi connectivity index (χ1) is 6.86. The van der Waals surface area contributed by atoms with Crippen molar-refractivity contribution in [2.75, 3.05) is 0 Å². The van der Waals surface area contributed by atoms with E-state index < -0.39 is 0 Å². The normalized spacial score (nSPS) is 24.3. The number of allylic oxidation sites excluding steroid dienone is 8. The molecule has 2 nitrogen and oxygen atoms in total. The Morgan fingerprint density at radius 3 is 1.40 bits per heavy atom. The molecule has 3 heteroatoms. The van der Waals surface area contributed by atoms with E-state index in [2.05, 4.69) is 12.2 Å². The van der Waals surface area contributed by atoms with E-state index in [0.29, 0.717) is 0 Å². The maximum atomic E-state index is 9.87. The van der Waals surface area contributed by atoms with E-state index in [0.717, 1.165) is 12.6 Å². The predicted octanol–water partition coefficient (Wildman–Crippen LogP) is 1.46. The Morgan fingerprint density at radius 1 is 0.867 bits per heavy atom. The van der Waals surface area contributed by atoms with Gasteiger partial charge in [-0.25, -0.2) is 24.3 Å². The molecule has 0 saturated heterocycles. The van der Waals surface area contributed by atoms with Crippen LogP contribution in [0.4, 0.5) is 0 Å². The number of carbonyl (C=O) groups excluding carboxylic acids is 2. The summed E-state index contributed by atoms with van der Waals surface area (Å²) in [5, 5.41) is 0. The molecule has 0 N–H and O–H groups in total. The summed E-state index contributed by atoms with van der Waals surface area (Å²) in [5.74, 6) is -0.139. The zero-order valence-corrected chi connectivity index (χ0v) is 9.05. The monoisotopic (exact) mass is 242 g/mol. The summed E-state index contributed by atoms with van der Waals surface area (Å²) in [6, 6.07) is 0. The van der Waals surface area contributed by atoms with Gasteiger partial charge in [0.1, 0.15) is 12.6 Å². The van der Waals surface area contributed by atoms with Crippen LogP contribution in [-0.2, 0) is 26.7 Å². The van der Waals surface area contributed by atoms with Crippen molar-refractivity contribution in [1.82, 2.24) is 0 Å². The summed E-state index contributed by atoms with van der Waals surface area (Å²) >= 11 is 0. The van der Waals surface area contributed by atoms with Crippen molar-refractivity contribution in [3.8, 4) is 0 Å². The third-order valence-electron chi connectivity index (χ3n) is 1.70. The average Bonchev–Trinajstić information content (AvgIpc) is 2.92. The van der Waals surface area contributed by atoms with Gasteiger partial charge in [-0.05, 0) is 11.8 Å². The van der Waals surface area contributed by atoms with Crippen LogP contribution < -0.4 is 0 Å². The number of hydrogen-bond acceptors (Lipinski definition) is 2. The second-order valence-corrected chi connectivity index (χ2v) is 2.76. The molecule has 78 valence electrons. The fourth-order valence-corrected chi connectivity index (χ4v) is 0.964. The van der Waals surface area contributed by atoms with Crippen LogP contribution in [0.1, 0.15) is 0 Å². The summed E-state index contributed by atoms with van der Waals surface area (Å²) in [5.41, 5.74) is 0. The number of hydrogen-bond donors (Lipinski definition) is 0. The molecule has 0 spiro atoms. The Morgan fingerprint density at radius 2 is 1.27 bits per heavy atom. The third kappa shape index (κ3) is 5.30. The second kappa shape index (κ2) is 8.15. The summed E-state index contributed by atoms with van der Waals surface area (Å²) in [6.45, 7) is 0. The van der Waals surface area contributed by atoms with Crippen LogP contribution >= 0.6 is 0 Å². The van der Waals surface area contributed by atoms with Crippen molar-refractivity contribution in [3.05, 3.63) is 48.6 Å². The minimum atomic E-state index is -0.0694. The van der Waals surface area contributed by atoms with Gasteiger partial charge in [-0.3, -0.25) is 12.2 Å². The predicted molar refractivity (Wildman–Crippen MR) is 53.0 cm³/mol. The zero-order chi connectivity index (χ0) is 10.2. The SMILES string of the molecule is O=CC1[C-]=CC=C1.O=CC1[C-]=CC=C1.[Fe+2]. The molecule has 2 unspecified atom stereocenters. The first-order valence-corrected chi connectivity index (χ1v) is 4.29. The smallest absolute Gasteiger partial charge is 0.304 e. The molecule has 0 aromatic carbocycles. The Kier molecular flexibility index (Phi) is 7.51. The minimum Gasteiger partial charge on any atom is -0.304 e. The molecule has 0 aromatic heterocycles. The Balaban J connectivity index is 0.000000245. The van der Waals surface area contributed by atoms with Gasteiger partial charge in [0.05, 0.1) is 0 Å². The van der Waals surface area contributed by atoms with Crippen LogP contribution in [-0.4, -0.2) is 12.6 Å². The largest absolute Gasteiger partial charge is 2.00 e. The van der Waals surface area contributed by atoms with Gasteiger partial charge in [0.25, 0.3) is 0 Å². The molecule has 2 atom stereocenters. The van der Waals surface area contributed by atoms with E-state index in [1.165, 1.54) is 0 Å². The molecule has 0 aliphatic heterocycles. The first-order valence-electron chi connectivity index (χ1n) is 4.29. The maximum Gasteiger partial charge on any atom is 2.00 e. The Labute approximate surface area is 99.9 Å². The van der Waals surface area contributed by atoms with Crippen molar-refractivity contribution >= 4 is 12.6 Å². The van der Waals surface area contributed by atoms with Gasteiger partial charge in [0.15, 0.2) is 0 Å². The van der Waals surface area contributed by atoms with Crippen LogP contribution in [0.3, 0.4) is 0 Å². The minimum absolute atomic E-state index is 0. The summed E-state index contributed by atoms with van der Waals surface area (Å²) in [6.07, 6.45) is 18.1. The van der Waals surface area contributed by atoms with Crippen molar-refractivity contribution in [3.63, 3.8) is 0 Å². The first kappa shape index (κ1) is 13.8. The van der Waals surface area contributed by atoms with E-state index in [1.807, 2.05) is 12.2 Å². The molecule has 2 rings (SSSR count). The molecule has 2 aliphatic rings. The van der Waals surface area contributed by atoms with E-state index in [1.54, 1.807) is 24.3 Å². The molecule has 0 aromatic rings. The molecule has 0 fully saturated rings. The van der Waals surface area contributed by atoms with Crippen molar-refractivity contribution in [2.45, 2.75) is 0 Å². The topological polar surface area (TPSA) is 34.1 Å².